The molecule has 0 saturated carbocycles. The van der Waals surface area contributed by atoms with Gasteiger partial charge < -0.3 is 14.9 Å². The number of aryl methyl sites for hydroxylation is 2. The lowest BCUT2D eigenvalue weighted by atomic mass is 10.1. The van der Waals surface area contributed by atoms with Gasteiger partial charge in [-0.2, -0.15) is 5.10 Å². The molecule has 0 unspecified atom stereocenters. The minimum absolute atomic E-state index is 0.176. The van der Waals surface area contributed by atoms with Crippen molar-refractivity contribution in [2.24, 2.45) is 0 Å². The molecule has 0 atom stereocenters. The third-order valence-corrected chi connectivity index (χ3v) is 3.00. The monoisotopic (exact) mass is 292 g/mol. The van der Waals surface area contributed by atoms with Gasteiger partial charge in [0.25, 0.3) is 0 Å². The van der Waals surface area contributed by atoms with E-state index < -0.39 is 5.97 Å². The van der Waals surface area contributed by atoms with Crippen LogP contribution in [-0.2, 0) is 22.6 Å². The SMILES string of the molecule is Cc1noc(C)c1CCC(=O)Nc1cnn(CC(=O)O)c1. The Morgan fingerprint density at radius 3 is 2.81 bits per heavy atom. The van der Waals surface area contributed by atoms with Crippen LogP contribution in [0.15, 0.2) is 16.9 Å². The van der Waals surface area contributed by atoms with E-state index in [1.54, 1.807) is 0 Å². The Bertz CT molecular complexity index is 639. The number of anilines is 1. The molecule has 0 aromatic carbocycles. The average Bonchev–Trinajstić information content (AvgIpc) is 2.95. The molecule has 0 fully saturated rings. The molecule has 21 heavy (non-hydrogen) atoms. The van der Waals surface area contributed by atoms with Gasteiger partial charge in [0.15, 0.2) is 0 Å². The summed E-state index contributed by atoms with van der Waals surface area (Å²) in [7, 11) is 0. The second-order valence-electron chi connectivity index (χ2n) is 4.67. The second kappa shape index (κ2) is 6.21. The maximum Gasteiger partial charge on any atom is 0.325 e. The lowest BCUT2D eigenvalue weighted by molar-refractivity contribution is -0.137. The van der Waals surface area contributed by atoms with Gasteiger partial charge in [-0.05, 0) is 20.3 Å². The van der Waals surface area contributed by atoms with Crippen LogP contribution < -0.4 is 5.32 Å². The lowest BCUT2D eigenvalue weighted by Crippen LogP contribution is -2.12. The van der Waals surface area contributed by atoms with Gasteiger partial charge in [0, 0.05) is 18.2 Å². The molecule has 1 amide bonds. The fraction of sp³-hybridized carbons (Fsp3) is 0.385. The molecule has 0 aliphatic rings. The number of nitrogens with one attached hydrogen (secondary N) is 1. The van der Waals surface area contributed by atoms with E-state index in [-0.39, 0.29) is 18.9 Å². The van der Waals surface area contributed by atoms with E-state index in [0.29, 0.717) is 12.1 Å². The number of carbonyl (C=O) groups excluding carboxylic acids is 1. The molecule has 0 radical (unpaired) electrons. The van der Waals surface area contributed by atoms with Gasteiger partial charge in [0.2, 0.25) is 5.91 Å². The zero-order valence-corrected chi connectivity index (χ0v) is 11.8. The summed E-state index contributed by atoms with van der Waals surface area (Å²) in [6.07, 6.45) is 3.71. The predicted molar refractivity (Wildman–Crippen MR) is 72.8 cm³/mol. The lowest BCUT2D eigenvalue weighted by Gasteiger charge is -2.02. The van der Waals surface area contributed by atoms with Crippen molar-refractivity contribution in [1.82, 2.24) is 14.9 Å². The van der Waals surface area contributed by atoms with Crippen molar-refractivity contribution in [3.8, 4) is 0 Å². The van der Waals surface area contributed by atoms with E-state index in [9.17, 15) is 9.59 Å². The van der Waals surface area contributed by atoms with Gasteiger partial charge in [0.1, 0.15) is 12.3 Å². The number of aliphatic carboxylic acids is 1. The summed E-state index contributed by atoms with van der Waals surface area (Å²) in [6.45, 7) is 3.40. The number of carbonyl (C=O) groups is 2. The molecule has 0 aliphatic carbocycles. The number of rotatable bonds is 6. The summed E-state index contributed by atoms with van der Waals surface area (Å²) in [4.78, 5) is 22.4. The highest BCUT2D eigenvalue weighted by Crippen LogP contribution is 2.15. The molecule has 0 saturated heterocycles. The third kappa shape index (κ3) is 3.91. The van der Waals surface area contributed by atoms with Crippen molar-refractivity contribution in [3.63, 3.8) is 0 Å². The first-order chi connectivity index (χ1) is 9.95. The van der Waals surface area contributed by atoms with E-state index in [2.05, 4.69) is 15.6 Å². The summed E-state index contributed by atoms with van der Waals surface area (Å²) in [5.41, 5.74) is 2.20. The number of carboxylic acids is 1. The molecule has 8 nitrogen and oxygen atoms in total. The largest absolute Gasteiger partial charge is 0.480 e. The van der Waals surface area contributed by atoms with E-state index in [4.69, 9.17) is 9.63 Å². The quantitative estimate of drug-likeness (QED) is 0.826. The van der Waals surface area contributed by atoms with Crippen LogP contribution in [0.1, 0.15) is 23.4 Å². The predicted octanol–water partition coefficient (Wildman–Crippen LogP) is 1.14. The fourth-order valence-electron chi connectivity index (χ4n) is 1.97. The fourth-order valence-corrected chi connectivity index (χ4v) is 1.97. The van der Waals surface area contributed by atoms with Crippen LogP contribution in [-0.4, -0.2) is 31.9 Å². The highest BCUT2D eigenvalue weighted by atomic mass is 16.5. The van der Waals surface area contributed by atoms with Gasteiger partial charge in [-0.1, -0.05) is 5.16 Å². The highest BCUT2D eigenvalue weighted by Gasteiger charge is 2.12. The molecule has 0 aliphatic heterocycles. The Hall–Kier alpha value is -2.64. The Morgan fingerprint density at radius 2 is 2.19 bits per heavy atom. The van der Waals surface area contributed by atoms with Gasteiger partial charge in [-0.3, -0.25) is 14.3 Å². The normalized spacial score (nSPS) is 10.6. The number of aromatic nitrogens is 3. The standard InChI is InChI=1S/C13H16N4O4/c1-8-11(9(2)21-16-8)3-4-12(18)15-10-5-14-17(6-10)7-13(19)20/h5-6H,3-4,7H2,1-2H3,(H,15,18)(H,19,20). The minimum atomic E-state index is -0.991. The van der Waals surface area contributed by atoms with E-state index in [1.165, 1.54) is 17.1 Å². The summed E-state index contributed by atoms with van der Waals surface area (Å²) in [5, 5.41) is 19.0. The number of carboxylic acid groups (broad SMARTS) is 1. The summed E-state index contributed by atoms with van der Waals surface area (Å²) in [5.74, 6) is -0.450. The van der Waals surface area contributed by atoms with Crippen LogP contribution in [0.3, 0.4) is 0 Å². The Labute approximate surface area is 120 Å². The second-order valence-corrected chi connectivity index (χ2v) is 4.67. The van der Waals surface area contributed by atoms with E-state index >= 15 is 0 Å². The van der Waals surface area contributed by atoms with Gasteiger partial charge in [-0.15, -0.1) is 0 Å². The summed E-state index contributed by atoms with van der Waals surface area (Å²) in [6, 6.07) is 0. The number of nitrogens with zero attached hydrogens (tertiary/aromatic N) is 3. The molecule has 2 heterocycles. The van der Waals surface area contributed by atoms with Crippen LogP contribution in [0.25, 0.3) is 0 Å². The van der Waals surface area contributed by atoms with Crippen LogP contribution in [0, 0.1) is 13.8 Å². The molecule has 2 N–H and O–H groups in total. The van der Waals surface area contributed by atoms with E-state index in [1.807, 2.05) is 13.8 Å². The van der Waals surface area contributed by atoms with Crippen molar-refractivity contribution >= 4 is 17.6 Å². The van der Waals surface area contributed by atoms with Crippen LogP contribution in [0.4, 0.5) is 5.69 Å². The third-order valence-electron chi connectivity index (χ3n) is 3.00. The summed E-state index contributed by atoms with van der Waals surface area (Å²) >= 11 is 0. The first-order valence-electron chi connectivity index (χ1n) is 6.41. The first-order valence-corrected chi connectivity index (χ1v) is 6.41. The molecule has 8 heteroatoms. The molecule has 0 bridgehead atoms. The van der Waals surface area contributed by atoms with Crippen LogP contribution in [0.5, 0.6) is 0 Å². The summed E-state index contributed by atoms with van der Waals surface area (Å²) < 4.78 is 6.28. The van der Waals surface area contributed by atoms with Crippen molar-refractivity contribution in [1.29, 1.82) is 0 Å². The Morgan fingerprint density at radius 1 is 1.43 bits per heavy atom. The molecule has 0 spiro atoms. The van der Waals surface area contributed by atoms with Crippen LogP contribution in [0.2, 0.25) is 0 Å². The molecule has 2 aromatic rings. The van der Waals surface area contributed by atoms with Gasteiger partial charge in [-0.25, -0.2) is 0 Å². The minimum Gasteiger partial charge on any atom is -0.480 e. The zero-order chi connectivity index (χ0) is 15.4. The van der Waals surface area contributed by atoms with Crippen molar-refractivity contribution < 1.29 is 19.2 Å². The van der Waals surface area contributed by atoms with E-state index in [0.717, 1.165) is 17.0 Å². The number of hydrogen-bond donors (Lipinski definition) is 2. The maximum absolute atomic E-state index is 11.8. The molecular formula is C13H16N4O4. The first kappa shape index (κ1) is 14.8. The highest BCUT2D eigenvalue weighted by molar-refractivity contribution is 5.90. The topological polar surface area (TPSA) is 110 Å². The van der Waals surface area contributed by atoms with Crippen molar-refractivity contribution in [2.75, 3.05) is 5.32 Å². The zero-order valence-electron chi connectivity index (χ0n) is 11.8. The van der Waals surface area contributed by atoms with Gasteiger partial charge in [0.05, 0.1) is 17.6 Å². The number of amides is 1. The Kier molecular flexibility index (Phi) is 4.36. The van der Waals surface area contributed by atoms with Crippen LogP contribution >= 0.6 is 0 Å². The Balaban J connectivity index is 1.87. The maximum atomic E-state index is 11.8. The van der Waals surface area contributed by atoms with Gasteiger partial charge >= 0.3 is 5.97 Å². The molecule has 2 rings (SSSR count). The molecular weight excluding hydrogens is 276 g/mol. The molecule has 2 aromatic heterocycles. The average molecular weight is 292 g/mol. The van der Waals surface area contributed by atoms with Crippen molar-refractivity contribution in [2.45, 2.75) is 33.2 Å². The smallest absolute Gasteiger partial charge is 0.325 e. The molecule has 112 valence electrons. The number of hydrogen-bond acceptors (Lipinski definition) is 5. The van der Waals surface area contributed by atoms with Crippen molar-refractivity contribution in [3.05, 3.63) is 29.4 Å².